The van der Waals surface area contributed by atoms with Gasteiger partial charge in [0.05, 0.1) is 5.69 Å². The van der Waals surface area contributed by atoms with Crippen molar-refractivity contribution in [3.63, 3.8) is 0 Å². The molecule has 1 fully saturated rings. The largest absolute Gasteiger partial charge is 0.365 e. The predicted molar refractivity (Wildman–Crippen MR) is 85.9 cm³/mol. The van der Waals surface area contributed by atoms with Crippen molar-refractivity contribution in [2.75, 3.05) is 0 Å². The molecule has 2 aromatic rings. The van der Waals surface area contributed by atoms with Crippen molar-refractivity contribution < 1.29 is 4.79 Å². The minimum Gasteiger partial charge on any atom is -0.365 e. The van der Waals surface area contributed by atoms with Gasteiger partial charge in [0.15, 0.2) is 5.65 Å². The third kappa shape index (κ3) is 2.85. The second kappa shape index (κ2) is 6.07. The molecule has 0 unspecified atom stereocenters. The summed E-state index contributed by atoms with van der Waals surface area (Å²) in [6.07, 6.45) is 8.52. The third-order valence-electron chi connectivity index (χ3n) is 4.73. The number of aryl methyl sites for hydroxylation is 3. The summed E-state index contributed by atoms with van der Waals surface area (Å²) < 4.78 is 1.75. The highest BCUT2D eigenvalue weighted by molar-refractivity contribution is 6.00. The first-order valence-corrected chi connectivity index (χ1v) is 8.22. The summed E-state index contributed by atoms with van der Waals surface area (Å²) in [4.78, 5) is 16.4. The van der Waals surface area contributed by atoms with Crippen LogP contribution in [0.4, 0.5) is 0 Å². The van der Waals surface area contributed by atoms with Crippen molar-refractivity contribution in [3.8, 4) is 0 Å². The van der Waals surface area contributed by atoms with Gasteiger partial charge in [0, 0.05) is 11.4 Å². The van der Waals surface area contributed by atoms with Crippen LogP contribution in [-0.2, 0) is 6.42 Å². The molecule has 0 saturated heterocycles. The van der Waals surface area contributed by atoms with Gasteiger partial charge >= 0.3 is 0 Å². The van der Waals surface area contributed by atoms with Crippen LogP contribution in [0.5, 0.6) is 0 Å². The Balaban J connectivity index is 1.92. The fourth-order valence-corrected chi connectivity index (χ4v) is 3.61. The lowest BCUT2D eigenvalue weighted by molar-refractivity contribution is 0.100. The van der Waals surface area contributed by atoms with Gasteiger partial charge in [0.2, 0.25) is 0 Å². The van der Waals surface area contributed by atoms with E-state index in [0.29, 0.717) is 11.2 Å². The second-order valence-electron chi connectivity index (χ2n) is 6.50. The average Bonchev–Trinajstić information content (AvgIpc) is 2.85. The molecule has 2 aromatic heterocycles. The van der Waals surface area contributed by atoms with Gasteiger partial charge < -0.3 is 5.73 Å². The maximum atomic E-state index is 11.9. The molecule has 5 nitrogen and oxygen atoms in total. The number of fused-ring (bicyclic) bond motifs is 1. The Kier molecular flexibility index (Phi) is 4.14. The van der Waals surface area contributed by atoms with Gasteiger partial charge in [0.1, 0.15) is 5.56 Å². The summed E-state index contributed by atoms with van der Waals surface area (Å²) in [6.45, 7) is 3.90. The van der Waals surface area contributed by atoms with Gasteiger partial charge in [-0.1, -0.05) is 32.1 Å². The molecule has 5 heteroatoms. The predicted octanol–water partition coefficient (Wildman–Crippen LogP) is 2.96. The minimum absolute atomic E-state index is 0.425. The van der Waals surface area contributed by atoms with E-state index in [1.54, 1.807) is 4.52 Å². The number of nitrogens with two attached hydrogens (primary N) is 1. The van der Waals surface area contributed by atoms with E-state index < -0.39 is 5.91 Å². The van der Waals surface area contributed by atoms with Gasteiger partial charge in [-0.05, 0) is 38.7 Å². The number of primary amides is 1. The number of hydrogen-bond acceptors (Lipinski definition) is 3. The number of hydrogen-bond donors (Lipinski definition) is 1. The van der Waals surface area contributed by atoms with Gasteiger partial charge in [-0.25, -0.2) is 9.50 Å². The van der Waals surface area contributed by atoms with Crippen LogP contribution in [0.3, 0.4) is 0 Å². The Morgan fingerprint density at radius 2 is 2.05 bits per heavy atom. The topological polar surface area (TPSA) is 73.3 Å². The molecule has 3 rings (SSSR count). The lowest BCUT2D eigenvalue weighted by Gasteiger charge is -2.20. The lowest BCUT2D eigenvalue weighted by Crippen LogP contribution is -2.14. The van der Waals surface area contributed by atoms with Crippen LogP contribution < -0.4 is 5.73 Å². The van der Waals surface area contributed by atoms with Crippen LogP contribution in [0.15, 0.2) is 6.07 Å². The van der Waals surface area contributed by atoms with Crippen molar-refractivity contribution in [1.82, 2.24) is 14.6 Å². The zero-order chi connectivity index (χ0) is 15.7. The van der Waals surface area contributed by atoms with E-state index in [4.69, 9.17) is 5.73 Å². The molecular formula is C17H24N4O. The van der Waals surface area contributed by atoms with Crippen LogP contribution in [0.2, 0.25) is 0 Å². The molecule has 2 heterocycles. The van der Waals surface area contributed by atoms with Crippen LogP contribution in [0.1, 0.15) is 66.0 Å². The first-order chi connectivity index (χ1) is 10.6. The average molecular weight is 300 g/mol. The highest BCUT2D eigenvalue weighted by Gasteiger charge is 2.21. The van der Waals surface area contributed by atoms with Gasteiger partial charge in [0.25, 0.3) is 5.91 Å². The summed E-state index contributed by atoms with van der Waals surface area (Å²) >= 11 is 0. The number of rotatable bonds is 4. The molecular weight excluding hydrogens is 276 g/mol. The zero-order valence-corrected chi connectivity index (χ0v) is 13.4. The first kappa shape index (κ1) is 15.0. The maximum absolute atomic E-state index is 11.9. The van der Waals surface area contributed by atoms with E-state index >= 15 is 0 Å². The molecule has 1 amide bonds. The van der Waals surface area contributed by atoms with Crippen molar-refractivity contribution >= 4 is 11.6 Å². The molecule has 1 saturated carbocycles. The van der Waals surface area contributed by atoms with E-state index in [9.17, 15) is 4.79 Å². The molecule has 1 aliphatic rings. The van der Waals surface area contributed by atoms with Crippen molar-refractivity contribution in [1.29, 1.82) is 0 Å². The first-order valence-electron chi connectivity index (χ1n) is 8.22. The quantitative estimate of drug-likeness (QED) is 0.943. The van der Waals surface area contributed by atoms with E-state index in [-0.39, 0.29) is 0 Å². The van der Waals surface area contributed by atoms with E-state index in [0.717, 1.165) is 35.8 Å². The van der Waals surface area contributed by atoms with E-state index in [2.05, 4.69) is 10.1 Å². The molecule has 0 radical (unpaired) electrons. The van der Waals surface area contributed by atoms with Crippen molar-refractivity contribution in [2.45, 2.75) is 58.8 Å². The van der Waals surface area contributed by atoms with Crippen molar-refractivity contribution in [3.05, 3.63) is 28.7 Å². The molecule has 118 valence electrons. The molecule has 0 atom stereocenters. The molecule has 22 heavy (non-hydrogen) atoms. The molecule has 0 aliphatic heterocycles. The van der Waals surface area contributed by atoms with E-state index in [1.807, 2.05) is 19.9 Å². The maximum Gasteiger partial charge on any atom is 0.254 e. The molecule has 0 spiro atoms. The minimum atomic E-state index is -0.425. The summed E-state index contributed by atoms with van der Waals surface area (Å²) in [5.74, 6) is 0.334. The molecule has 1 aliphatic carbocycles. The van der Waals surface area contributed by atoms with E-state index in [1.165, 1.54) is 32.1 Å². The summed E-state index contributed by atoms with van der Waals surface area (Å²) in [5, 5.41) is 4.61. The fourth-order valence-electron chi connectivity index (χ4n) is 3.61. The van der Waals surface area contributed by atoms with Crippen LogP contribution in [0.25, 0.3) is 5.65 Å². The SMILES string of the molecule is Cc1cc(C)n2nc(CCC3CCCCC3)c(C(N)=O)c2n1. The number of amides is 1. The van der Waals surface area contributed by atoms with Crippen molar-refractivity contribution in [2.24, 2.45) is 11.7 Å². The third-order valence-corrected chi connectivity index (χ3v) is 4.73. The normalized spacial score (nSPS) is 16.3. The number of carbonyl (C=O) groups excluding carboxylic acids is 1. The Morgan fingerprint density at radius 1 is 1.32 bits per heavy atom. The highest BCUT2D eigenvalue weighted by atomic mass is 16.1. The number of carbonyl (C=O) groups is 1. The molecule has 0 aromatic carbocycles. The smallest absolute Gasteiger partial charge is 0.254 e. The zero-order valence-electron chi connectivity index (χ0n) is 13.4. The van der Waals surface area contributed by atoms with Gasteiger partial charge in [-0.2, -0.15) is 5.10 Å². The summed E-state index contributed by atoms with van der Waals surface area (Å²) in [6, 6.07) is 1.97. The summed E-state index contributed by atoms with van der Waals surface area (Å²) in [5.41, 5.74) is 9.37. The van der Waals surface area contributed by atoms with Gasteiger partial charge in [-0.15, -0.1) is 0 Å². The lowest BCUT2D eigenvalue weighted by atomic mass is 9.85. The Morgan fingerprint density at radius 3 is 2.73 bits per heavy atom. The van der Waals surface area contributed by atoms with Gasteiger partial charge in [-0.3, -0.25) is 4.79 Å². The monoisotopic (exact) mass is 300 g/mol. The summed E-state index contributed by atoms with van der Waals surface area (Å²) in [7, 11) is 0. The Labute approximate surface area is 130 Å². The number of nitrogens with zero attached hydrogens (tertiary/aromatic N) is 3. The Hall–Kier alpha value is -1.91. The molecule has 0 bridgehead atoms. The second-order valence-corrected chi connectivity index (χ2v) is 6.50. The van der Waals surface area contributed by atoms with Crippen LogP contribution >= 0.6 is 0 Å². The van der Waals surface area contributed by atoms with Crippen LogP contribution in [0, 0.1) is 19.8 Å². The number of aromatic nitrogens is 3. The molecule has 2 N–H and O–H groups in total. The van der Waals surface area contributed by atoms with Crippen LogP contribution in [-0.4, -0.2) is 20.5 Å². The highest BCUT2D eigenvalue weighted by Crippen LogP contribution is 2.28. The fraction of sp³-hybridized carbons (Fsp3) is 0.588. The Bertz CT molecular complexity index is 698. The standard InChI is InChI=1S/C17H24N4O/c1-11-10-12(2)21-17(19-11)15(16(18)22)14(20-21)9-8-13-6-4-3-5-7-13/h10,13H,3-9H2,1-2H3,(H2,18,22).